The fraction of sp³-hybridized carbons (Fsp3) is 0.769. The smallest absolute Gasteiger partial charge is 0.321 e. The Bertz CT molecular complexity index is 566. The maximum Gasteiger partial charge on any atom is 0.346 e. The zero-order valence-electron chi connectivity index (χ0n) is 13.1. The Labute approximate surface area is 126 Å². The molecule has 0 aliphatic carbocycles. The van der Waals surface area contributed by atoms with Gasteiger partial charge in [0.1, 0.15) is 6.33 Å². The molecule has 7 nitrogen and oxygen atoms in total. The third kappa shape index (κ3) is 4.52. The number of hydrogen-bond acceptors (Lipinski definition) is 5. The molecule has 0 bridgehead atoms. The van der Waals surface area contributed by atoms with Crippen LogP contribution in [-0.4, -0.2) is 52.5 Å². The van der Waals surface area contributed by atoms with Gasteiger partial charge in [-0.05, 0) is 27.2 Å². The molecule has 1 aromatic rings. The minimum atomic E-state index is -3.51. The lowest BCUT2D eigenvalue weighted by Gasteiger charge is -2.24. The van der Waals surface area contributed by atoms with E-state index in [0.29, 0.717) is 13.0 Å². The fourth-order valence-corrected chi connectivity index (χ4v) is 3.16. The number of nitrogens with zero attached hydrogens (tertiary/aromatic N) is 4. The van der Waals surface area contributed by atoms with Crippen molar-refractivity contribution in [3.05, 3.63) is 6.33 Å². The zero-order chi connectivity index (χ0) is 16.0. The van der Waals surface area contributed by atoms with Crippen LogP contribution < -0.4 is 0 Å². The molecular weight excluding hydrogens is 292 g/mol. The first kappa shape index (κ1) is 17.6. The summed E-state index contributed by atoms with van der Waals surface area (Å²) in [5, 5.41) is 3.57. The molecule has 1 aromatic heterocycles. The maximum absolute atomic E-state index is 12.2. The van der Waals surface area contributed by atoms with Gasteiger partial charge in [0, 0.05) is 12.6 Å². The molecule has 0 atom stereocenters. The largest absolute Gasteiger partial charge is 0.346 e. The van der Waals surface area contributed by atoms with E-state index in [1.165, 1.54) is 6.33 Å². The second-order valence-electron chi connectivity index (χ2n) is 5.16. The highest BCUT2D eigenvalue weighted by Crippen LogP contribution is 2.09. The normalized spacial score (nSPS) is 11.9. The van der Waals surface area contributed by atoms with Gasteiger partial charge in [0.05, 0.1) is 5.75 Å². The van der Waals surface area contributed by atoms with E-state index in [9.17, 15) is 13.2 Å². The topological polar surface area (TPSA) is 85.2 Å². The number of aromatic nitrogens is 3. The number of hydrogen-bond donors (Lipinski definition) is 0. The Morgan fingerprint density at radius 1 is 1.33 bits per heavy atom. The quantitative estimate of drug-likeness (QED) is 0.718. The van der Waals surface area contributed by atoms with Crippen LogP contribution in [-0.2, 0) is 9.84 Å². The first-order chi connectivity index (χ1) is 9.83. The van der Waals surface area contributed by atoms with Crippen molar-refractivity contribution < 1.29 is 13.2 Å². The SMILES string of the molecule is CCCCCS(=O)(=O)c1ncn(C(=O)N(CC)C(C)C)n1. The molecule has 0 spiro atoms. The van der Waals surface area contributed by atoms with Crippen molar-refractivity contribution in [3.63, 3.8) is 0 Å². The van der Waals surface area contributed by atoms with Gasteiger partial charge in [-0.2, -0.15) is 4.68 Å². The van der Waals surface area contributed by atoms with Crippen molar-refractivity contribution in [2.45, 2.75) is 58.2 Å². The molecule has 0 unspecified atom stereocenters. The summed E-state index contributed by atoms with van der Waals surface area (Å²) in [7, 11) is -3.51. The fourth-order valence-electron chi connectivity index (χ4n) is 1.97. The Morgan fingerprint density at radius 3 is 2.52 bits per heavy atom. The molecular formula is C13H24N4O3S. The van der Waals surface area contributed by atoms with Gasteiger partial charge in [0.15, 0.2) is 0 Å². The molecule has 120 valence electrons. The molecule has 1 rings (SSSR count). The van der Waals surface area contributed by atoms with Crippen molar-refractivity contribution >= 4 is 15.9 Å². The maximum atomic E-state index is 12.2. The average molecular weight is 316 g/mol. The number of sulfone groups is 1. The summed E-state index contributed by atoms with van der Waals surface area (Å²) in [4.78, 5) is 17.6. The summed E-state index contributed by atoms with van der Waals surface area (Å²) in [6, 6.07) is -0.355. The van der Waals surface area contributed by atoms with Gasteiger partial charge < -0.3 is 4.90 Å². The van der Waals surface area contributed by atoms with Gasteiger partial charge in [0.25, 0.3) is 5.16 Å². The van der Waals surface area contributed by atoms with Crippen LogP contribution in [0.3, 0.4) is 0 Å². The second kappa shape index (κ2) is 7.53. The van der Waals surface area contributed by atoms with Crippen molar-refractivity contribution in [3.8, 4) is 0 Å². The third-order valence-corrected chi connectivity index (χ3v) is 4.74. The standard InChI is InChI=1S/C13H24N4O3S/c1-5-7-8-9-21(19,20)12-14-10-17(15-12)13(18)16(6-2)11(3)4/h10-11H,5-9H2,1-4H3. The summed E-state index contributed by atoms with van der Waals surface area (Å²) in [5.74, 6) is 0.0146. The molecule has 1 amide bonds. The van der Waals surface area contributed by atoms with E-state index in [4.69, 9.17) is 0 Å². The summed E-state index contributed by atoms with van der Waals surface area (Å²) in [6.45, 7) is 8.16. The Kier molecular flexibility index (Phi) is 6.32. The van der Waals surface area contributed by atoms with Gasteiger partial charge in [0.2, 0.25) is 9.84 Å². The lowest BCUT2D eigenvalue weighted by Crippen LogP contribution is -2.39. The summed E-state index contributed by atoms with van der Waals surface area (Å²) in [6.07, 6.45) is 3.53. The summed E-state index contributed by atoms with van der Waals surface area (Å²) in [5.41, 5.74) is 0. The monoisotopic (exact) mass is 316 g/mol. The van der Waals surface area contributed by atoms with Crippen LogP contribution in [0.5, 0.6) is 0 Å². The Balaban J connectivity index is 2.88. The molecule has 0 saturated heterocycles. The predicted molar refractivity (Wildman–Crippen MR) is 79.9 cm³/mol. The van der Waals surface area contributed by atoms with Crippen LogP contribution in [0.25, 0.3) is 0 Å². The van der Waals surface area contributed by atoms with Crippen LogP contribution in [0.1, 0.15) is 47.0 Å². The van der Waals surface area contributed by atoms with E-state index >= 15 is 0 Å². The molecule has 0 saturated carbocycles. The van der Waals surface area contributed by atoms with Crippen molar-refractivity contribution in [2.75, 3.05) is 12.3 Å². The lowest BCUT2D eigenvalue weighted by atomic mass is 10.3. The minimum Gasteiger partial charge on any atom is -0.321 e. The molecule has 0 aliphatic rings. The van der Waals surface area contributed by atoms with Crippen LogP contribution in [0, 0.1) is 0 Å². The van der Waals surface area contributed by atoms with Crippen LogP contribution in [0.4, 0.5) is 4.79 Å². The molecule has 0 aliphatic heterocycles. The molecule has 0 aromatic carbocycles. The average Bonchev–Trinajstić information content (AvgIpc) is 2.89. The Hall–Kier alpha value is -1.44. The number of carbonyl (C=O) groups is 1. The predicted octanol–water partition coefficient (Wildman–Crippen LogP) is 1.94. The zero-order valence-corrected chi connectivity index (χ0v) is 13.9. The van der Waals surface area contributed by atoms with Gasteiger partial charge in [-0.1, -0.05) is 19.8 Å². The van der Waals surface area contributed by atoms with Crippen LogP contribution in [0.2, 0.25) is 0 Å². The number of unbranched alkanes of at least 4 members (excludes halogenated alkanes) is 2. The lowest BCUT2D eigenvalue weighted by molar-refractivity contribution is 0.185. The van der Waals surface area contributed by atoms with E-state index in [2.05, 4.69) is 10.1 Å². The van der Waals surface area contributed by atoms with Crippen LogP contribution >= 0.6 is 0 Å². The van der Waals surface area contributed by atoms with E-state index in [1.807, 2.05) is 27.7 Å². The van der Waals surface area contributed by atoms with E-state index in [1.54, 1.807) is 4.90 Å². The van der Waals surface area contributed by atoms with Crippen LogP contribution in [0.15, 0.2) is 11.5 Å². The minimum absolute atomic E-state index is 0.0105. The molecule has 0 radical (unpaired) electrons. The van der Waals surface area contributed by atoms with Gasteiger partial charge in [-0.15, -0.1) is 5.10 Å². The number of carbonyl (C=O) groups excluding carboxylic acids is 1. The first-order valence-electron chi connectivity index (χ1n) is 7.28. The highest BCUT2D eigenvalue weighted by molar-refractivity contribution is 7.91. The summed E-state index contributed by atoms with van der Waals surface area (Å²) < 4.78 is 25.1. The van der Waals surface area contributed by atoms with Gasteiger partial charge in [-0.25, -0.2) is 18.2 Å². The second-order valence-corrected chi connectivity index (χ2v) is 7.16. The van der Waals surface area contributed by atoms with E-state index in [-0.39, 0.29) is 23.0 Å². The van der Waals surface area contributed by atoms with E-state index in [0.717, 1.165) is 17.5 Å². The summed E-state index contributed by atoms with van der Waals surface area (Å²) >= 11 is 0. The van der Waals surface area contributed by atoms with Crippen molar-refractivity contribution in [1.29, 1.82) is 0 Å². The molecule has 8 heteroatoms. The van der Waals surface area contributed by atoms with Gasteiger partial charge in [-0.3, -0.25) is 0 Å². The highest BCUT2D eigenvalue weighted by Gasteiger charge is 2.23. The van der Waals surface area contributed by atoms with Crippen molar-refractivity contribution in [2.24, 2.45) is 0 Å². The third-order valence-electron chi connectivity index (χ3n) is 3.17. The van der Waals surface area contributed by atoms with Crippen molar-refractivity contribution in [1.82, 2.24) is 19.7 Å². The highest BCUT2D eigenvalue weighted by atomic mass is 32.2. The number of rotatable bonds is 7. The molecule has 0 N–H and O–H groups in total. The molecule has 21 heavy (non-hydrogen) atoms. The first-order valence-corrected chi connectivity index (χ1v) is 8.94. The van der Waals surface area contributed by atoms with Gasteiger partial charge >= 0.3 is 6.03 Å². The Morgan fingerprint density at radius 2 is 2.00 bits per heavy atom. The molecule has 0 fully saturated rings. The number of amides is 1. The van der Waals surface area contributed by atoms with E-state index < -0.39 is 9.84 Å². The molecule has 1 heterocycles.